The summed E-state index contributed by atoms with van der Waals surface area (Å²) in [6, 6.07) is 7.74. The summed E-state index contributed by atoms with van der Waals surface area (Å²) in [7, 11) is 0. The van der Waals surface area contributed by atoms with Gasteiger partial charge in [0.15, 0.2) is 0 Å². The second kappa shape index (κ2) is 4.85. The van der Waals surface area contributed by atoms with Gasteiger partial charge < -0.3 is 15.1 Å². The molecular formula is C13H17NO3. The van der Waals surface area contributed by atoms with Gasteiger partial charge in [-0.2, -0.15) is 0 Å². The van der Waals surface area contributed by atoms with Gasteiger partial charge in [0, 0.05) is 13.1 Å². The molecule has 0 saturated carbocycles. The molecule has 0 bridgehead atoms. The first-order valence-electron chi connectivity index (χ1n) is 5.76. The predicted octanol–water partition coefficient (Wildman–Crippen LogP) is 0.102. The first-order chi connectivity index (χ1) is 8.08. The molecule has 1 aromatic carbocycles. The van der Waals surface area contributed by atoms with Crippen molar-refractivity contribution in [1.29, 1.82) is 0 Å². The zero-order valence-electron chi connectivity index (χ0n) is 9.84. The molecule has 1 saturated heterocycles. The maximum absolute atomic E-state index is 12.0. The Hall–Kier alpha value is -1.39. The van der Waals surface area contributed by atoms with Crippen molar-refractivity contribution in [2.75, 3.05) is 13.1 Å². The van der Waals surface area contributed by atoms with Gasteiger partial charge in [-0.15, -0.1) is 0 Å². The summed E-state index contributed by atoms with van der Waals surface area (Å²) in [4.78, 5) is 13.5. The van der Waals surface area contributed by atoms with Crippen LogP contribution in [0.15, 0.2) is 24.3 Å². The second-order valence-electron chi connectivity index (χ2n) is 4.54. The zero-order valence-corrected chi connectivity index (χ0v) is 9.84. The number of aliphatic hydroxyl groups excluding tert-OH is 2. The van der Waals surface area contributed by atoms with Crippen LogP contribution in [0.5, 0.6) is 0 Å². The molecule has 0 aromatic heterocycles. The molecule has 2 N–H and O–H groups in total. The Morgan fingerprint density at radius 1 is 1.29 bits per heavy atom. The summed E-state index contributed by atoms with van der Waals surface area (Å²) in [6.07, 6.45) is -1.29. The Morgan fingerprint density at radius 3 is 2.47 bits per heavy atom. The summed E-state index contributed by atoms with van der Waals surface area (Å²) in [5.41, 5.74) is 2.08. The predicted molar refractivity (Wildman–Crippen MR) is 63.5 cm³/mol. The van der Waals surface area contributed by atoms with E-state index in [0.717, 1.165) is 11.1 Å². The number of hydrogen-bond donors (Lipinski definition) is 2. The molecule has 0 radical (unpaired) electrons. The van der Waals surface area contributed by atoms with Crippen LogP contribution in [-0.2, 0) is 11.2 Å². The number of amides is 1. The van der Waals surface area contributed by atoms with Crippen molar-refractivity contribution in [3.63, 3.8) is 0 Å². The van der Waals surface area contributed by atoms with Gasteiger partial charge in [-0.1, -0.05) is 24.3 Å². The third kappa shape index (κ3) is 2.65. The molecule has 1 heterocycles. The minimum Gasteiger partial charge on any atom is -0.388 e. The first kappa shape index (κ1) is 12.1. The maximum atomic E-state index is 12.0. The van der Waals surface area contributed by atoms with E-state index in [1.807, 2.05) is 31.2 Å². The molecule has 17 heavy (non-hydrogen) atoms. The van der Waals surface area contributed by atoms with E-state index in [-0.39, 0.29) is 19.0 Å². The van der Waals surface area contributed by atoms with Crippen molar-refractivity contribution in [2.45, 2.75) is 25.6 Å². The SMILES string of the molecule is Cc1ccccc1CC(=O)N1C[C@@H](O)[C@@H](O)C1. The van der Waals surface area contributed by atoms with E-state index in [2.05, 4.69) is 0 Å². The van der Waals surface area contributed by atoms with Crippen LogP contribution in [0.2, 0.25) is 0 Å². The second-order valence-corrected chi connectivity index (χ2v) is 4.54. The zero-order chi connectivity index (χ0) is 12.4. The van der Waals surface area contributed by atoms with Crippen LogP contribution in [-0.4, -0.2) is 46.3 Å². The summed E-state index contributed by atoms with van der Waals surface area (Å²) < 4.78 is 0. The molecule has 2 rings (SSSR count). The molecule has 1 aliphatic rings. The van der Waals surface area contributed by atoms with Crippen LogP contribution in [0.25, 0.3) is 0 Å². The average molecular weight is 235 g/mol. The summed E-state index contributed by atoms with van der Waals surface area (Å²) >= 11 is 0. The van der Waals surface area contributed by atoms with E-state index in [0.29, 0.717) is 6.42 Å². The Bertz CT molecular complexity index is 409. The van der Waals surface area contributed by atoms with Crippen molar-refractivity contribution in [3.8, 4) is 0 Å². The van der Waals surface area contributed by atoms with Crippen molar-refractivity contribution < 1.29 is 15.0 Å². The standard InChI is InChI=1S/C13H17NO3/c1-9-4-2-3-5-10(9)6-13(17)14-7-11(15)12(16)8-14/h2-5,11-12,15-16H,6-8H2,1H3/t11-,12+. The average Bonchev–Trinajstić information content (AvgIpc) is 2.63. The molecule has 0 unspecified atom stereocenters. The largest absolute Gasteiger partial charge is 0.388 e. The lowest BCUT2D eigenvalue weighted by Crippen LogP contribution is -2.31. The van der Waals surface area contributed by atoms with Gasteiger partial charge in [-0.3, -0.25) is 4.79 Å². The smallest absolute Gasteiger partial charge is 0.227 e. The Morgan fingerprint density at radius 2 is 1.88 bits per heavy atom. The molecule has 4 nitrogen and oxygen atoms in total. The third-order valence-corrected chi connectivity index (χ3v) is 3.21. The van der Waals surface area contributed by atoms with E-state index in [1.54, 1.807) is 0 Å². The number of hydrogen-bond acceptors (Lipinski definition) is 3. The fourth-order valence-electron chi connectivity index (χ4n) is 2.06. The number of rotatable bonds is 2. The molecule has 1 fully saturated rings. The third-order valence-electron chi connectivity index (χ3n) is 3.21. The monoisotopic (exact) mass is 235 g/mol. The minimum atomic E-state index is -0.809. The molecule has 1 amide bonds. The van der Waals surface area contributed by atoms with Gasteiger partial charge >= 0.3 is 0 Å². The Balaban J connectivity index is 2.01. The first-order valence-corrected chi connectivity index (χ1v) is 5.76. The van der Waals surface area contributed by atoms with E-state index in [1.165, 1.54) is 4.90 Å². The fraction of sp³-hybridized carbons (Fsp3) is 0.462. The van der Waals surface area contributed by atoms with Crippen molar-refractivity contribution in [2.24, 2.45) is 0 Å². The van der Waals surface area contributed by atoms with E-state index < -0.39 is 12.2 Å². The molecule has 1 aliphatic heterocycles. The molecule has 1 aromatic rings. The Labute approximate surface area is 100 Å². The highest BCUT2D eigenvalue weighted by atomic mass is 16.3. The molecule has 0 aliphatic carbocycles. The quantitative estimate of drug-likeness (QED) is 0.764. The topological polar surface area (TPSA) is 60.8 Å². The van der Waals surface area contributed by atoms with Crippen LogP contribution in [0.3, 0.4) is 0 Å². The highest BCUT2D eigenvalue weighted by molar-refractivity contribution is 5.79. The number of β-amino-alcohol motifs (C(OH)–C–C–N with tert-alkyl or cyclic N) is 2. The van der Waals surface area contributed by atoms with Gasteiger partial charge in [0.25, 0.3) is 0 Å². The number of aryl methyl sites for hydroxylation is 1. The highest BCUT2D eigenvalue weighted by Gasteiger charge is 2.32. The van der Waals surface area contributed by atoms with Crippen LogP contribution in [0.4, 0.5) is 0 Å². The molecule has 92 valence electrons. The minimum absolute atomic E-state index is 0.0464. The van der Waals surface area contributed by atoms with Crippen molar-refractivity contribution in [3.05, 3.63) is 35.4 Å². The summed E-state index contributed by atoms with van der Waals surface area (Å²) in [6.45, 7) is 2.42. The number of benzene rings is 1. The van der Waals surface area contributed by atoms with Crippen LogP contribution in [0, 0.1) is 6.92 Å². The Kier molecular flexibility index (Phi) is 3.45. The van der Waals surface area contributed by atoms with Crippen LogP contribution in [0.1, 0.15) is 11.1 Å². The maximum Gasteiger partial charge on any atom is 0.227 e. The van der Waals surface area contributed by atoms with E-state index in [4.69, 9.17) is 0 Å². The van der Waals surface area contributed by atoms with Gasteiger partial charge in [-0.05, 0) is 18.1 Å². The van der Waals surface area contributed by atoms with Crippen molar-refractivity contribution in [1.82, 2.24) is 4.90 Å². The fourth-order valence-corrected chi connectivity index (χ4v) is 2.06. The summed E-state index contributed by atoms with van der Waals surface area (Å²) in [5.74, 6) is -0.0464. The number of carbonyl (C=O) groups is 1. The van der Waals surface area contributed by atoms with Gasteiger partial charge in [-0.25, -0.2) is 0 Å². The molecule has 4 heteroatoms. The molecule has 2 atom stereocenters. The number of nitrogens with zero attached hydrogens (tertiary/aromatic N) is 1. The van der Waals surface area contributed by atoms with Crippen molar-refractivity contribution >= 4 is 5.91 Å². The highest BCUT2D eigenvalue weighted by Crippen LogP contribution is 2.14. The van der Waals surface area contributed by atoms with Gasteiger partial charge in [0.05, 0.1) is 18.6 Å². The number of carbonyl (C=O) groups excluding carboxylic acids is 1. The van der Waals surface area contributed by atoms with E-state index >= 15 is 0 Å². The van der Waals surface area contributed by atoms with Gasteiger partial charge in [0.1, 0.15) is 0 Å². The van der Waals surface area contributed by atoms with Crippen LogP contribution >= 0.6 is 0 Å². The lowest BCUT2D eigenvalue weighted by molar-refractivity contribution is -0.130. The lowest BCUT2D eigenvalue weighted by Gasteiger charge is -2.16. The summed E-state index contributed by atoms with van der Waals surface area (Å²) in [5, 5.41) is 18.8. The number of likely N-dealkylation sites (tertiary alicyclic amines) is 1. The lowest BCUT2D eigenvalue weighted by atomic mass is 10.1. The van der Waals surface area contributed by atoms with Crippen LogP contribution < -0.4 is 0 Å². The van der Waals surface area contributed by atoms with Gasteiger partial charge in [0.2, 0.25) is 5.91 Å². The molecular weight excluding hydrogens is 218 g/mol. The normalized spacial score (nSPS) is 24.1. The van der Waals surface area contributed by atoms with E-state index in [9.17, 15) is 15.0 Å². The molecule has 0 spiro atoms. The number of aliphatic hydroxyl groups is 2.